The molecule has 0 aliphatic rings. The van der Waals surface area contributed by atoms with Gasteiger partial charge in [-0.05, 0) is 56.3 Å². The first kappa shape index (κ1) is 23.6. The molecule has 0 aromatic heterocycles. The first-order chi connectivity index (χ1) is 14.4. The zero-order chi connectivity index (χ0) is 21.9. The molecular weight excluding hydrogens is 392 g/mol. The second-order valence-electron chi connectivity index (χ2n) is 7.22. The fraction of sp³-hybridized carbons (Fsp3) is 0.435. The van der Waals surface area contributed by atoms with E-state index in [0.29, 0.717) is 18.7 Å². The average molecular weight is 421 g/mol. The van der Waals surface area contributed by atoms with Crippen molar-refractivity contribution in [3.05, 3.63) is 59.7 Å². The van der Waals surface area contributed by atoms with Crippen LogP contribution in [0.1, 0.15) is 17.5 Å². The maximum absolute atomic E-state index is 12.6. The Balaban J connectivity index is 2.00. The Labute approximate surface area is 176 Å². The molecule has 7 heteroatoms. The van der Waals surface area contributed by atoms with Crippen molar-refractivity contribution in [2.45, 2.75) is 31.8 Å². The molecule has 2 aromatic carbocycles. The number of nitrogens with zero attached hydrogens (tertiary/aromatic N) is 1. The third-order valence-corrected chi connectivity index (χ3v) is 4.57. The van der Waals surface area contributed by atoms with Gasteiger partial charge < -0.3 is 19.1 Å². The molecule has 2 rings (SSSR count). The number of alkyl halides is 2. The number of rotatable bonds is 12. The summed E-state index contributed by atoms with van der Waals surface area (Å²) in [5.41, 5.74) is 2.13. The van der Waals surface area contributed by atoms with Crippen LogP contribution in [0.2, 0.25) is 0 Å². The first-order valence-corrected chi connectivity index (χ1v) is 9.86. The topological polar surface area (TPSA) is 48.0 Å². The van der Waals surface area contributed by atoms with Crippen molar-refractivity contribution in [1.82, 2.24) is 4.90 Å². The Morgan fingerprint density at radius 3 is 2.53 bits per heavy atom. The molecule has 0 saturated heterocycles. The smallest absolute Gasteiger partial charge is 0.374 e. The van der Waals surface area contributed by atoms with Gasteiger partial charge in [0.2, 0.25) is 0 Å². The van der Waals surface area contributed by atoms with Gasteiger partial charge in [-0.15, -0.1) is 0 Å². The number of methoxy groups -OCH3 is 1. The van der Waals surface area contributed by atoms with E-state index in [9.17, 15) is 13.6 Å². The molecule has 5 nitrogen and oxygen atoms in total. The Kier molecular flexibility index (Phi) is 9.54. The molecule has 0 amide bonds. The maximum Gasteiger partial charge on any atom is 0.374 e. The van der Waals surface area contributed by atoms with Crippen molar-refractivity contribution >= 4 is 5.97 Å². The van der Waals surface area contributed by atoms with E-state index in [1.54, 1.807) is 7.11 Å². The van der Waals surface area contributed by atoms with Gasteiger partial charge in [0.25, 0.3) is 0 Å². The van der Waals surface area contributed by atoms with E-state index in [0.717, 1.165) is 29.7 Å². The Morgan fingerprint density at radius 2 is 1.83 bits per heavy atom. The molecule has 0 saturated carbocycles. The third kappa shape index (κ3) is 7.99. The van der Waals surface area contributed by atoms with E-state index in [2.05, 4.69) is 0 Å². The molecule has 0 spiro atoms. The van der Waals surface area contributed by atoms with Gasteiger partial charge >= 0.3 is 12.4 Å². The van der Waals surface area contributed by atoms with Gasteiger partial charge in [-0.1, -0.05) is 30.3 Å². The molecule has 0 N–H and O–H groups in total. The summed E-state index contributed by atoms with van der Waals surface area (Å²) in [5.74, 6) is -0.0568. The van der Waals surface area contributed by atoms with Crippen molar-refractivity contribution in [2.24, 2.45) is 0 Å². The Bertz CT molecular complexity index is 798. The van der Waals surface area contributed by atoms with Crippen LogP contribution in [0.25, 0.3) is 0 Å². The summed E-state index contributed by atoms with van der Waals surface area (Å²) in [6.45, 7) is 0.602. The number of hydrogen-bond acceptors (Lipinski definition) is 5. The summed E-state index contributed by atoms with van der Waals surface area (Å²) in [5, 5.41) is 0. The lowest BCUT2D eigenvalue weighted by Crippen LogP contribution is -2.31. The molecule has 0 bridgehead atoms. The highest BCUT2D eigenvalue weighted by molar-refractivity contribution is 5.72. The van der Waals surface area contributed by atoms with Crippen LogP contribution in [0.5, 0.6) is 11.5 Å². The van der Waals surface area contributed by atoms with E-state index >= 15 is 0 Å². The summed E-state index contributed by atoms with van der Waals surface area (Å²) in [6.07, 6.45) is -1.97. The highest BCUT2D eigenvalue weighted by atomic mass is 19.3. The number of halogens is 2. The highest BCUT2D eigenvalue weighted by Gasteiger charge is 2.23. The highest BCUT2D eigenvalue weighted by Crippen LogP contribution is 2.22. The van der Waals surface area contributed by atoms with Crippen LogP contribution in [0.3, 0.4) is 0 Å². The van der Waals surface area contributed by atoms with Crippen LogP contribution < -0.4 is 9.47 Å². The van der Waals surface area contributed by atoms with E-state index in [1.165, 1.54) is 0 Å². The minimum absolute atomic E-state index is 0.0163. The van der Waals surface area contributed by atoms with Crippen molar-refractivity contribution in [3.63, 3.8) is 0 Å². The summed E-state index contributed by atoms with van der Waals surface area (Å²) >= 11 is 0. The standard InChI is InChI=1S/C23H29F2NO4/c1-26(2)14-13-20(30-23(27)22(24)25)16-29-21-10-5-4-8-18(21)12-11-17-7-6-9-19(15-17)28-3/h4-10,15,20,22H,11-14,16H2,1-3H3/t20-/m1/s1. The van der Waals surface area contributed by atoms with Gasteiger partial charge in [0.1, 0.15) is 24.2 Å². The predicted molar refractivity (Wildman–Crippen MR) is 111 cm³/mol. The van der Waals surface area contributed by atoms with Gasteiger partial charge in [-0.2, -0.15) is 8.78 Å². The van der Waals surface area contributed by atoms with Crippen LogP contribution in [-0.4, -0.2) is 57.8 Å². The second-order valence-corrected chi connectivity index (χ2v) is 7.22. The Morgan fingerprint density at radius 1 is 1.07 bits per heavy atom. The summed E-state index contributed by atoms with van der Waals surface area (Å²) < 4.78 is 41.3. The molecule has 0 heterocycles. The lowest BCUT2D eigenvalue weighted by atomic mass is 10.0. The maximum atomic E-state index is 12.6. The van der Waals surface area contributed by atoms with Crippen molar-refractivity contribution < 1.29 is 27.8 Å². The van der Waals surface area contributed by atoms with Crippen molar-refractivity contribution in [3.8, 4) is 11.5 Å². The second kappa shape index (κ2) is 12.1. The molecular formula is C23H29F2NO4. The average Bonchev–Trinajstić information content (AvgIpc) is 2.74. The SMILES string of the molecule is COc1cccc(CCc2ccccc2OC[C@@H](CCN(C)C)OC(=O)C(F)F)c1. The fourth-order valence-electron chi connectivity index (χ4n) is 2.94. The minimum Gasteiger partial charge on any atom is -0.497 e. The molecule has 164 valence electrons. The number of hydrogen-bond donors (Lipinski definition) is 0. The van der Waals surface area contributed by atoms with Crippen molar-refractivity contribution in [2.75, 3.05) is 34.4 Å². The number of esters is 1. The number of para-hydroxylation sites is 1. The van der Waals surface area contributed by atoms with E-state index in [-0.39, 0.29) is 6.61 Å². The number of benzene rings is 2. The molecule has 0 fully saturated rings. The number of carbonyl (C=O) groups is 1. The molecule has 0 radical (unpaired) electrons. The number of carbonyl (C=O) groups excluding carboxylic acids is 1. The molecule has 2 aromatic rings. The van der Waals surface area contributed by atoms with Gasteiger partial charge in [0, 0.05) is 13.0 Å². The van der Waals surface area contributed by atoms with Crippen LogP contribution in [0, 0.1) is 0 Å². The third-order valence-electron chi connectivity index (χ3n) is 4.57. The summed E-state index contributed by atoms with van der Waals surface area (Å²) in [4.78, 5) is 13.2. The van der Waals surface area contributed by atoms with Crippen LogP contribution >= 0.6 is 0 Å². The van der Waals surface area contributed by atoms with Crippen LogP contribution in [-0.2, 0) is 22.4 Å². The molecule has 0 aliphatic heterocycles. The van der Waals surface area contributed by atoms with E-state index in [1.807, 2.05) is 67.5 Å². The van der Waals surface area contributed by atoms with Gasteiger partial charge in [-0.3, -0.25) is 0 Å². The zero-order valence-electron chi connectivity index (χ0n) is 17.6. The van der Waals surface area contributed by atoms with E-state index < -0.39 is 18.5 Å². The fourth-order valence-corrected chi connectivity index (χ4v) is 2.94. The monoisotopic (exact) mass is 421 g/mol. The Hall–Kier alpha value is -2.67. The first-order valence-electron chi connectivity index (χ1n) is 9.86. The molecule has 0 unspecified atom stereocenters. The lowest BCUT2D eigenvalue weighted by Gasteiger charge is -2.21. The van der Waals surface area contributed by atoms with E-state index in [4.69, 9.17) is 14.2 Å². The van der Waals surface area contributed by atoms with Crippen LogP contribution in [0.4, 0.5) is 8.78 Å². The van der Waals surface area contributed by atoms with Crippen molar-refractivity contribution in [1.29, 1.82) is 0 Å². The number of ether oxygens (including phenoxy) is 3. The minimum atomic E-state index is -3.15. The largest absolute Gasteiger partial charge is 0.497 e. The molecule has 1 atom stereocenters. The van der Waals surface area contributed by atoms with Gasteiger partial charge in [0.15, 0.2) is 0 Å². The van der Waals surface area contributed by atoms with Gasteiger partial charge in [-0.25, -0.2) is 4.79 Å². The number of aryl methyl sites for hydroxylation is 2. The summed E-state index contributed by atoms with van der Waals surface area (Å²) in [7, 11) is 5.36. The lowest BCUT2D eigenvalue weighted by molar-refractivity contribution is -0.164. The molecule has 0 aliphatic carbocycles. The normalized spacial score (nSPS) is 12.1. The molecule has 30 heavy (non-hydrogen) atoms. The van der Waals surface area contributed by atoms with Crippen LogP contribution in [0.15, 0.2) is 48.5 Å². The van der Waals surface area contributed by atoms with Gasteiger partial charge in [0.05, 0.1) is 7.11 Å². The predicted octanol–water partition coefficient (Wildman–Crippen LogP) is 3.99. The quantitative estimate of drug-likeness (QED) is 0.485. The summed E-state index contributed by atoms with van der Waals surface area (Å²) in [6, 6.07) is 15.4. The zero-order valence-corrected chi connectivity index (χ0v) is 17.6.